The lowest BCUT2D eigenvalue weighted by Crippen LogP contribution is -2.67. The Morgan fingerprint density at radius 2 is 1.52 bits per heavy atom. The molecule has 7 heteroatoms. The van der Waals surface area contributed by atoms with Crippen molar-refractivity contribution in [3.8, 4) is 0 Å². The molecule has 0 spiro atoms. The van der Waals surface area contributed by atoms with Crippen LogP contribution in [-0.2, 0) is 14.4 Å². The van der Waals surface area contributed by atoms with Gasteiger partial charge >= 0.3 is 5.97 Å². The average molecular weight is 695 g/mol. The Labute approximate surface area is 303 Å². The first kappa shape index (κ1) is 37.9. The van der Waals surface area contributed by atoms with E-state index in [0.717, 1.165) is 77.0 Å². The van der Waals surface area contributed by atoms with Crippen LogP contribution in [0.1, 0.15) is 157 Å². The fraction of sp³-hybridized carbons (Fsp3) is 0.884. The molecule has 1 unspecified atom stereocenters. The Balaban J connectivity index is 1.07. The molecule has 0 aromatic rings. The van der Waals surface area contributed by atoms with Gasteiger partial charge in [0.1, 0.15) is 6.04 Å². The number of likely N-dealkylation sites (tertiary alicyclic amines) is 1. The van der Waals surface area contributed by atoms with Gasteiger partial charge in [0, 0.05) is 19.5 Å². The number of rotatable bonds is 11. The van der Waals surface area contributed by atoms with Gasteiger partial charge in [0.25, 0.3) is 0 Å². The minimum atomic E-state index is -0.886. The van der Waals surface area contributed by atoms with E-state index in [1.54, 1.807) is 4.90 Å². The number of nitrogens with zero attached hydrogens (tertiary/aromatic N) is 1. The van der Waals surface area contributed by atoms with Crippen molar-refractivity contribution in [2.45, 2.75) is 169 Å². The number of nitrogens with one attached hydrogen (secondary N) is 1. The largest absolute Gasteiger partial charge is 0.480 e. The zero-order valence-corrected chi connectivity index (χ0v) is 32.5. The van der Waals surface area contributed by atoms with E-state index in [4.69, 9.17) is 0 Å². The number of hydrogen-bond donors (Lipinski definition) is 3. The van der Waals surface area contributed by atoms with Gasteiger partial charge in [-0.05, 0) is 148 Å². The maximum atomic E-state index is 14.4. The molecule has 3 N–H and O–H groups in total. The minimum Gasteiger partial charge on any atom is -0.480 e. The highest BCUT2D eigenvalue weighted by Gasteiger charge is 2.71. The number of aliphatic hydroxyl groups is 1. The summed E-state index contributed by atoms with van der Waals surface area (Å²) in [6.45, 7) is 20.5. The van der Waals surface area contributed by atoms with Gasteiger partial charge in [0.2, 0.25) is 11.8 Å². The van der Waals surface area contributed by atoms with Gasteiger partial charge in [-0.3, -0.25) is 9.59 Å². The van der Waals surface area contributed by atoms with Gasteiger partial charge in [0.05, 0.1) is 11.5 Å². The number of aliphatic hydroxyl groups excluding tert-OH is 1. The van der Waals surface area contributed by atoms with Crippen LogP contribution in [0.3, 0.4) is 0 Å². The maximum absolute atomic E-state index is 14.4. The third-order valence-electron chi connectivity index (χ3n) is 17.2. The number of aliphatic carboxylic acids is 1. The van der Waals surface area contributed by atoms with Gasteiger partial charge in [-0.1, -0.05) is 66.0 Å². The molecule has 0 aromatic carbocycles. The number of carboxylic acids is 1. The molecule has 1 heterocycles. The maximum Gasteiger partial charge on any atom is 0.326 e. The Kier molecular flexibility index (Phi) is 10.5. The van der Waals surface area contributed by atoms with Crippen LogP contribution in [0.4, 0.5) is 0 Å². The van der Waals surface area contributed by atoms with E-state index in [0.29, 0.717) is 61.4 Å². The summed E-state index contributed by atoms with van der Waals surface area (Å²) < 4.78 is 0. The van der Waals surface area contributed by atoms with Crippen molar-refractivity contribution in [2.24, 2.45) is 56.7 Å². The monoisotopic (exact) mass is 695 g/mol. The van der Waals surface area contributed by atoms with Gasteiger partial charge in [0.15, 0.2) is 0 Å². The second-order valence-corrected chi connectivity index (χ2v) is 19.6. The summed E-state index contributed by atoms with van der Waals surface area (Å²) >= 11 is 0. The lowest BCUT2D eigenvalue weighted by molar-refractivity contribution is -0.246. The summed E-state index contributed by atoms with van der Waals surface area (Å²) in [4.78, 5) is 40.0. The first-order valence-corrected chi connectivity index (χ1v) is 20.7. The van der Waals surface area contributed by atoms with Crippen molar-refractivity contribution in [1.82, 2.24) is 10.2 Å². The number of fused-ring (bicyclic) bond motifs is 7. The molecule has 6 fully saturated rings. The SMILES string of the molecule is C=C(C)[C@@H]1CC[C@]2(C(=O)NCCCCCCCC(=O)N3CCC[C@H]3C(=O)O)CC[C@]3(C)[C@H](CCC4[C@@]5(C)CC[C@H](O)C(C)(C)[C@@H]5CC[C@]43C)[C@@H]12. The van der Waals surface area contributed by atoms with Crippen molar-refractivity contribution in [2.75, 3.05) is 13.1 Å². The molecule has 282 valence electrons. The molecule has 5 saturated carbocycles. The predicted molar refractivity (Wildman–Crippen MR) is 198 cm³/mol. The predicted octanol–water partition coefficient (Wildman–Crippen LogP) is 8.54. The normalized spacial score (nSPS) is 43.3. The molecule has 5 aliphatic carbocycles. The van der Waals surface area contributed by atoms with Crippen molar-refractivity contribution in [3.05, 3.63) is 12.2 Å². The van der Waals surface area contributed by atoms with Crippen molar-refractivity contribution in [1.29, 1.82) is 0 Å². The molecule has 50 heavy (non-hydrogen) atoms. The van der Waals surface area contributed by atoms with Crippen LogP contribution in [0.5, 0.6) is 0 Å². The fourth-order valence-corrected chi connectivity index (χ4v) is 14.3. The van der Waals surface area contributed by atoms with E-state index in [-0.39, 0.29) is 39.1 Å². The van der Waals surface area contributed by atoms with Crippen molar-refractivity contribution >= 4 is 17.8 Å². The van der Waals surface area contributed by atoms with E-state index >= 15 is 0 Å². The second kappa shape index (κ2) is 13.8. The molecule has 11 atom stereocenters. The number of carboxylic acid groups (broad SMARTS) is 1. The number of carbonyl (C=O) groups is 3. The van der Waals surface area contributed by atoms with Crippen LogP contribution in [0.25, 0.3) is 0 Å². The van der Waals surface area contributed by atoms with Crippen LogP contribution in [0.2, 0.25) is 0 Å². The molecule has 2 amide bonds. The number of allylic oxidation sites excluding steroid dienone is 1. The second-order valence-electron chi connectivity index (χ2n) is 19.6. The molecule has 6 aliphatic rings. The number of carbonyl (C=O) groups excluding carboxylic acids is 2. The highest BCUT2D eigenvalue weighted by Crippen LogP contribution is 2.77. The topological polar surface area (TPSA) is 107 Å². The van der Waals surface area contributed by atoms with Crippen LogP contribution in [0.15, 0.2) is 12.2 Å². The van der Waals surface area contributed by atoms with Crippen LogP contribution in [0, 0.1) is 56.7 Å². The molecule has 0 aromatic heterocycles. The fourth-order valence-electron chi connectivity index (χ4n) is 14.3. The zero-order valence-electron chi connectivity index (χ0n) is 32.5. The molecule has 0 bridgehead atoms. The first-order valence-electron chi connectivity index (χ1n) is 20.7. The summed E-state index contributed by atoms with van der Waals surface area (Å²) in [7, 11) is 0. The van der Waals surface area contributed by atoms with Gasteiger partial charge in [-0.15, -0.1) is 0 Å². The average Bonchev–Trinajstić information content (AvgIpc) is 3.71. The highest BCUT2D eigenvalue weighted by atomic mass is 16.4. The molecular formula is C43H70N2O5. The lowest BCUT2D eigenvalue weighted by atomic mass is 9.32. The van der Waals surface area contributed by atoms with Crippen molar-refractivity contribution < 1.29 is 24.6 Å². The zero-order chi connectivity index (χ0) is 36.3. The quantitative estimate of drug-likeness (QED) is 0.149. The first-order chi connectivity index (χ1) is 23.5. The van der Waals surface area contributed by atoms with Gasteiger partial charge in [-0.2, -0.15) is 0 Å². The Hall–Kier alpha value is -1.89. The third kappa shape index (κ3) is 5.90. The third-order valence-corrected chi connectivity index (χ3v) is 17.2. The number of unbranched alkanes of at least 4 members (excludes halogenated alkanes) is 4. The van der Waals surface area contributed by atoms with E-state index in [9.17, 15) is 24.6 Å². The Morgan fingerprint density at radius 3 is 2.24 bits per heavy atom. The molecule has 0 radical (unpaired) electrons. The summed E-state index contributed by atoms with van der Waals surface area (Å²) in [5.41, 5.74) is 1.62. The number of amides is 2. The summed E-state index contributed by atoms with van der Waals surface area (Å²) in [5, 5.41) is 23.9. The minimum absolute atomic E-state index is 0.0219. The Bertz CT molecular complexity index is 1330. The standard InChI is InChI=1S/C43H70N2O5/c1-28(2)29-18-23-43(38(50)44-26-12-10-8-9-11-15-35(47)45-27-13-14-31(45)37(48)49)25-24-41(6)30(36(29)43)16-17-33-40(5)21-20-34(46)39(3,4)32(40)19-22-42(33,41)7/h29-34,36,46H,1,8-27H2,2-7H3,(H,44,50)(H,48,49)/t29-,30+,31-,32-,33?,34-,36+,40-,41+,42+,43-/m0/s1. The lowest BCUT2D eigenvalue weighted by Gasteiger charge is -2.72. The molecule has 1 aliphatic heterocycles. The molecular weight excluding hydrogens is 624 g/mol. The summed E-state index contributed by atoms with van der Waals surface area (Å²) in [5.74, 6) is 1.91. The van der Waals surface area contributed by atoms with Crippen LogP contribution >= 0.6 is 0 Å². The van der Waals surface area contributed by atoms with Crippen LogP contribution in [-0.4, -0.2) is 58.1 Å². The Morgan fingerprint density at radius 1 is 0.800 bits per heavy atom. The van der Waals surface area contributed by atoms with E-state index < -0.39 is 12.0 Å². The van der Waals surface area contributed by atoms with E-state index in [2.05, 4.69) is 53.4 Å². The summed E-state index contributed by atoms with van der Waals surface area (Å²) in [6.07, 6.45) is 17.4. The smallest absolute Gasteiger partial charge is 0.326 e. The van der Waals surface area contributed by atoms with Gasteiger partial charge in [-0.25, -0.2) is 4.79 Å². The van der Waals surface area contributed by atoms with Gasteiger partial charge < -0.3 is 20.4 Å². The molecule has 1 saturated heterocycles. The molecule has 6 rings (SSSR count). The summed E-state index contributed by atoms with van der Waals surface area (Å²) in [6, 6.07) is -0.643. The van der Waals surface area contributed by atoms with Crippen LogP contribution < -0.4 is 5.32 Å². The molecule has 7 nitrogen and oxygen atoms in total. The van der Waals surface area contributed by atoms with E-state index in [1.165, 1.54) is 31.3 Å². The van der Waals surface area contributed by atoms with E-state index in [1.807, 2.05) is 0 Å². The van der Waals surface area contributed by atoms with Crippen molar-refractivity contribution in [3.63, 3.8) is 0 Å². The highest BCUT2D eigenvalue weighted by molar-refractivity contribution is 5.84. The number of hydrogen-bond acceptors (Lipinski definition) is 4.